The second-order valence-electron chi connectivity index (χ2n) is 7.91. The third-order valence-corrected chi connectivity index (χ3v) is 5.69. The molecule has 0 spiro atoms. The van der Waals surface area contributed by atoms with E-state index in [-0.39, 0.29) is 23.4 Å². The average molecular weight is 431 g/mol. The monoisotopic (exact) mass is 430 g/mol. The normalized spacial score (nSPS) is 11.9. The molecule has 2 aromatic rings. The fourth-order valence-corrected chi connectivity index (χ4v) is 3.89. The summed E-state index contributed by atoms with van der Waals surface area (Å²) in [7, 11) is 0. The van der Waals surface area contributed by atoms with E-state index in [0.717, 1.165) is 11.1 Å². The van der Waals surface area contributed by atoms with E-state index in [0.29, 0.717) is 30.3 Å². The van der Waals surface area contributed by atoms with Crippen molar-refractivity contribution in [3.8, 4) is 0 Å². The highest BCUT2D eigenvalue weighted by molar-refractivity contribution is 7.99. The summed E-state index contributed by atoms with van der Waals surface area (Å²) >= 11 is 1.36. The van der Waals surface area contributed by atoms with Gasteiger partial charge in [-0.3, -0.25) is 9.59 Å². The van der Waals surface area contributed by atoms with Crippen LogP contribution in [0.4, 0.5) is 4.39 Å². The first-order chi connectivity index (χ1) is 14.3. The maximum atomic E-state index is 13.8. The van der Waals surface area contributed by atoms with E-state index in [1.165, 1.54) is 17.8 Å². The molecule has 2 aromatic carbocycles. The van der Waals surface area contributed by atoms with Gasteiger partial charge in [-0.25, -0.2) is 4.39 Å². The lowest BCUT2D eigenvalue weighted by Crippen LogP contribution is -2.48. The number of amides is 2. The van der Waals surface area contributed by atoms with E-state index in [1.807, 2.05) is 45.0 Å². The minimum absolute atomic E-state index is 0.134. The standard InChI is InChI=1S/C24H31FN2O2S/c1-17(2)13-26-24(29)19(4)27(14-20-9-7-8-18(3)12-20)23(28)16-30-15-21-10-5-6-11-22(21)25/h5-12,17,19H,13-16H2,1-4H3,(H,26,29)/t19-/m0/s1. The molecular formula is C24H31FN2O2S. The number of benzene rings is 2. The zero-order valence-electron chi connectivity index (χ0n) is 18.2. The molecule has 0 aromatic heterocycles. The number of rotatable bonds is 10. The Morgan fingerprint density at radius 1 is 1.10 bits per heavy atom. The van der Waals surface area contributed by atoms with Gasteiger partial charge < -0.3 is 10.2 Å². The van der Waals surface area contributed by atoms with Crippen molar-refractivity contribution in [1.29, 1.82) is 0 Å². The largest absolute Gasteiger partial charge is 0.354 e. The predicted molar refractivity (Wildman–Crippen MR) is 122 cm³/mol. The SMILES string of the molecule is Cc1cccc(CN(C(=O)CSCc2ccccc2F)[C@@H](C)C(=O)NCC(C)C)c1. The number of carbonyl (C=O) groups excluding carboxylic acids is 2. The van der Waals surface area contributed by atoms with Crippen LogP contribution >= 0.6 is 11.8 Å². The highest BCUT2D eigenvalue weighted by Crippen LogP contribution is 2.18. The van der Waals surface area contributed by atoms with Crippen molar-refractivity contribution in [2.75, 3.05) is 12.3 Å². The Hall–Kier alpha value is -2.34. The molecule has 0 fully saturated rings. The Labute approximate surface area is 183 Å². The number of thioether (sulfide) groups is 1. The number of hydrogen-bond acceptors (Lipinski definition) is 3. The van der Waals surface area contributed by atoms with E-state index in [1.54, 1.807) is 30.0 Å². The van der Waals surface area contributed by atoms with Crippen molar-refractivity contribution in [2.24, 2.45) is 5.92 Å². The fraction of sp³-hybridized carbons (Fsp3) is 0.417. The number of aryl methyl sites for hydroxylation is 1. The Morgan fingerprint density at radius 3 is 2.50 bits per heavy atom. The van der Waals surface area contributed by atoms with Crippen LogP contribution in [0.2, 0.25) is 0 Å². The molecule has 0 saturated carbocycles. The molecule has 1 N–H and O–H groups in total. The Kier molecular flexibility index (Phi) is 9.37. The molecule has 30 heavy (non-hydrogen) atoms. The van der Waals surface area contributed by atoms with Crippen molar-refractivity contribution in [3.63, 3.8) is 0 Å². The average Bonchev–Trinajstić information content (AvgIpc) is 2.71. The predicted octanol–water partition coefficient (Wildman–Crippen LogP) is 4.56. The molecule has 0 heterocycles. The Balaban J connectivity index is 2.07. The second-order valence-corrected chi connectivity index (χ2v) is 8.90. The number of halogens is 1. The summed E-state index contributed by atoms with van der Waals surface area (Å²) in [4.78, 5) is 27.3. The van der Waals surface area contributed by atoms with Crippen molar-refractivity contribution in [2.45, 2.75) is 46.0 Å². The van der Waals surface area contributed by atoms with Crippen LogP contribution in [-0.2, 0) is 21.9 Å². The fourth-order valence-electron chi connectivity index (χ4n) is 2.99. The molecule has 0 radical (unpaired) electrons. The molecule has 4 nitrogen and oxygen atoms in total. The molecule has 2 rings (SSSR count). The lowest BCUT2D eigenvalue weighted by molar-refractivity contribution is -0.138. The number of carbonyl (C=O) groups is 2. The van der Waals surface area contributed by atoms with E-state index in [9.17, 15) is 14.0 Å². The summed E-state index contributed by atoms with van der Waals surface area (Å²) < 4.78 is 13.8. The van der Waals surface area contributed by atoms with Gasteiger partial charge in [0.2, 0.25) is 11.8 Å². The van der Waals surface area contributed by atoms with E-state index >= 15 is 0 Å². The highest BCUT2D eigenvalue weighted by atomic mass is 32.2. The molecule has 1 atom stereocenters. The first kappa shape index (κ1) is 23.9. The molecular weight excluding hydrogens is 399 g/mol. The second kappa shape index (κ2) is 11.7. The minimum Gasteiger partial charge on any atom is -0.354 e. The highest BCUT2D eigenvalue weighted by Gasteiger charge is 2.26. The first-order valence-corrected chi connectivity index (χ1v) is 11.4. The van der Waals surface area contributed by atoms with Crippen LogP contribution in [0.15, 0.2) is 48.5 Å². The van der Waals surface area contributed by atoms with Crippen molar-refractivity contribution in [1.82, 2.24) is 10.2 Å². The summed E-state index contributed by atoms with van der Waals surface area (Å²) in [5.41, 5.74) is 2.65. The van der Waals surface area contributed by atoms with Crippen molar-refractivity contribution in [3.05, 3.63) is 71.0 Å². The summed E-state index contributed by atoms with van der Waals surface area (Å²) in [5, 5.41) is 2.91. The topological polar surface area (TPSA) is 49.4 Å². The van der Waals surface area contributed by atoms with Gasteiger partial charge in [-0.1, -0.05) is 61.9 Å². The molecule has 0 aliphatic carbocycles. The molecule has 0 aliphatic rings. The van der Waals surface area contributed by atoms with Gasteiger partial charge in [-0.15, -0.1) is 11.8 Å². The van der Waals surface area contributed by atoms with Gasteiger partial charge in [-0.2, -0.15) is 0 Å². The van der Waals surface area contributed by atoms with Crippen LogP contribution in [0.25, 0.3) is 0 Å². The summed E-state index contributed by atoms with van der Waals surface area (Å²) in [5.74, 6) is 0.356. The van der Waals surface area contributed by atoms with Crippen LogP contribution in [0, 0.1) is 18.7 Å². The first-order valence-electron chi connectivity index (χ1n) is 10.2. The van der Waals surface area contributed by atoms with Crippen LogP contribution in [-0.4, -0.2) is 35.1 Å². The minimum atomic E-state index is -0.592. The van der Waals surface area contributed by atoms with Gasteiger partial charge in [0, 0.05) is 18.8 Å². The lowest BCUT2D eigenvalue weighted by Gasteiger charge is -2.29. The van der Waals surface area contributed by atoms with Gasteiger partial charge in [0.25, 0.3) is 0 Å². The Bertz CT molecular complexity index is 857. The molecule has 0 aliphatic heterocycles. The quantitative estimate of drug-likeness (QED) is 0.601. The van der Waals surface area contributed by atoms with E-state index < -0.39 is 6.04 Å². The maximum Gasteiger partial charge on any atom is 0.242 e. The summed E-state index contributed by atoms with van der Waals surface area (Å²) in [6, 6.07) is 13.9. The number of hydrogen-bond donors (Lipinski definition) is 1. The molecule has 0 unspecified atom stereocenters. The lowest BCUT2D eigenvalue weighted by atomic mass is 10.1. The molecule has 2 amide bonds. The number of nitrogens with one attached hydrogen (secondary N) is 1. The number of nitrogens with zero attached hydrogens (tertiary/aromatic N) is 1. The zero-order chi connectivity index (χ0) is 22.1. The Morgan fingerprint density at radius 2 is 1.83 bits per heavy atom. The third kappa shape index (κ3) is 7.48. The summed E-state index contributed by atoms with van der Waals surface area (Å²) in [6.07, 6.45) is 0. The third-order valence-electron chi connectivity index (χ3n) is 4.73. The van der Waals surface area contributed by atoms with Gasteiger partial charge in [0.15, 0.2) is 0 Å². The van der Waals surface area contributed by atoms with Crippen LogP contribution in [0.3, 0.4) is 0 Å². The van der Waals surface area contributed by atoms with E-state index in [4.69, 9.17) is 0 Å². The van der Waals surface area contributed by atoms with Crippen molar-refractivity contribution < 1.29 is 14.0 Å². The molecule has 6 heteroatoms. The summed E-state index contributed by atoms with van der Waals surface area (Å²) in [6.45, 7) is 8.73. The maximum absolute atomic E-state index is 13.8. The smallest absolute Gasteiger partial charge is 0.242 e. The van der Waals surface area contributed by atoms with Crippen LogP contribution in [0.5, 0.6) is 0 Å². The van der Waals surface area contributed by atoms with E-state index in [2.05, 4.69) is 5.32 Å². The van der Waals surface area contributed by atoms with Gasteiger partial charge >= 0.3 is 0 Å². The zero-order valence-corrected chi connectivity index (χ0v) is 19.0. The van der Waals surface area contributed by atoms with Gasteiger partial charge in [0.05, 0.1) is 5.75 Å². The van der Waals surface area contributed by atoms with Gasteiger partial charge in [0.1, 0.15) is 11.9 Å². The van der Waals surface area contributed by atoms with Crippen molar-refractivity contribution >= 4 is 23.6 Å². The van der Waals surface area contributed by atoms with Crippen LogP contribution in [0.1, 0.15) is 37.5 Å². The molecule has 162 valence electrons. The molecule has 0 saturated heterocycles. The molecule has 0 bridgehead atoms. The van der Waals surface area contributed by atoms with Gasteiger partial charge in [-0.05, 0) is 37.0 Å². The van der Waals surface area contributed by atoms with Crippen LogP contribution < -0.4 is 5.32 Å².